The molecule has 1 N–H and O–H groups in total. The molecule has 0 aliphatic rings. The molecule has 1 aromatic rings. The van der Waals surface area contributed by atoms with Gasteiger partial charge < -0.3 is 10.1 Å². The van der Waals surface area contributed by atoms with Crippen molar-refractivity contribution in [2.24, 2.45) is 0 Å². The van der Waals surface area contributed by atoms with E-state index in [-0.39, 0.29) is 6.10 Å². The zero-order valence-electron chi connectivity index (χ0n) is 9.63. The lowest BCUT2D eigenvalue weighted by molar-refractivity contribution is -0.0244. The molecule has 0 fully saturated rings. The number of ether oxygens (including phenoxy) is 1. The molecule has 0 saturated carbocycles. The highest BCUT2D eigenvalue weighted by Crippen LogP contribution is 2.21. The zero-order chi connectivity index (χ0) is 12.7. The molecule has 2 nitrogen and oxygen atoms in total. The van der Waals surface area contributed by atoms with Crippen LogP contribution in [-0.4, -0.2) is 26.1 Å². The van der Waals surface area contributed by atoms with Gasteiger partial charge in [0.25, 0.3) is 6.43 Å². The molecule has 0 aromatic heterocycles. The Morgan fingerprint density at radius 1 is 1.41 bits per heavy atom. The van der Waals surface area contributed by atoms with Gasteiger partial charge in [0.2, 0.25) is 0 Å². The van der Waals surface area contributed by atoms with Crippen molar-refractivity contribution in [3.63, 3.8) is 0 Å². The summed E-state index contributed by atoms with van der Waals surface area (Å²) in [5.41, 5.74) is 0.890. The van der Waals surface area contributed by atoms with E-state index in [2.05, 4.69) is 21.2 Å². The fraction of sp³-hybridized carbons (Fsp3) is 0.500. The Hall–Kier alpha value is -0.520. The number of rotatable bonds is 7. The van der Waals surface area contributed by atoms with Gasteiger partial charge in [-0.25, -0.2) is 8.78 Å². The molecule has 1 unspecified atom stereocenters. The molecule has 0 spiro atoms. The van der Waals surface area contributed by atoms with Gasteiger partial charge in [-0.3, -0.25) is 0 Å². The highest BCUT2D eigenvalue weighted by atomic mass is 79.9. The van der Waals surface area contributed by atoms with E-state index in [1.807, 2.05) is 31.2 Å². The second kappa shape index (κ2) is 7.74. The quantitative estimate of drug-likeness (QED) is 0.834. The molecule has 17 heavy (non-hydrogen) atoms. The summed E-state index contributed by atoms with van der Waals surface area (Å²) in [7, 11) is 0. The van der Waals surface area contributed by atoms with Crippen molar-refractivity contribution in [1.29, 1.82) is 0 Å². The van der Waals surface area contributed by atoms with E-state index < -0.39 is 13.0 Å². The fourth-order valence-electron chi connectivity index (χ4n) is 1.44. The Morgan fingerprint density at radius 2 is 2.18 bits per heavy atom. The van der Waals surface area contributed by atoms with Gasteiger partial charge >= 0.3 is 0 Å². The third-order valence-electron chi connectivity index (χ3n) is 2.22. The fourth-order valence-corrected chi connectivity index (χ4v) is 1.86. The molecule has 0 bridgehead atoms. The number of likely N-dealkylation sites (N-methyl/N-ethyl adjacent to an activating group) is 1. The van der Waals surface area contributed by atoms with E-state index >= 15 is 0 Å². The summed E-state index contributed by atoms with van der Waals surface area (Å²) in [6.07, 6.45) is -2.78. The summed E-state index contributed by atoms with van der Waals surface area (Å²) >= 11 is 3.35. The highest BCUT2D eigenvalue weighted by Gasteiger charge is 2.14. The van der Waals surface area contributed by atoms with E-state index in [1.165, 1.54) is 0 Å². The summed E-state index contributed by atoms with van der Waals surface area (Å²) < 4.78 is 30.4. The Morgan fingerprint density at radius 3 is 2.76 bits per heavy atom. The average molecular weight is 308 g/mol. The molecule has 96 valence electrons. The third kappa shape index (κ3) is 5.57. The van der Waals surface area contributed by atoms with Crippen LogP contribution in [-0.2, 0) is 4.74 Å². The molecule has 0 aliphatic heterocycles. The van der Waals surface area contributed by atoms with Gasteiger partial charge in [-0.05, 0) is 24.2 Å². The molecule has 5 heteroatoms. The predicted molar refractivity (Wildman–Crippen MR) is 67.4 cm³/mol. The number of hydrogen-bond acceptors (Lipinski definition) is 2. The number of hydrogen-bond donors (Lipinski definition) is 1. The summed E-state index contributed by atoms with van der Waals surface area (Å²) in [6.45, 7) is 2.73. The molecule has 0 heterocycles. The van der Waals surface area contributed by atoms with E-state index in [1.54, 1.807) is 0 Å². The number of alkyl halides is 2. The van der Waals surface area contributed by atoms with Gasteiger partial charge in [0.1, 0.15) is 6.61 Å². The first-order chi connectivity index (χ1) is 8.13. The maximum Gasteiger partial charge on any atom is 0.261 e. The largest absolute Gasteiger partial charge is 0.366 e. The number of halogens is 3. The Labute approximate surface area is 108 Å². The van der Waals surface area contributed by atoms with E-state index in [9.17, 15) is 8.78 Å². The van der Waals surface area contributed by atoms with Crippen molar-refractivity contribution < 1.29 is 13.5 Å². The monoisotopic (exact) mass is 307 g/mol. The van der Waals surface area contributed by atoms with Crippen LogP contribution in [0.3, 0.4) is 0 Å². The van der Waals surface area contributed by atoms with Crippen LogP contribution in [0.1, 0.15) is 18.6 Å². The highest BCUT2D eigenvalue weighted by molar-refractivity contribution is 9.10. The van der Waals surface area contributed by atoms with Gasteiger partial charge in [-0.1, -0.05) is 35.0 Å². The molecule has 1 rings (SSSR count). The average Bonchev–Trinajstić information content (AvgIpc) is 2.29. The zero-order valence-corrected chi connectivity index (χ0v) is 11.2. The topological polar surface area (TPSA) is 21.3 Å². The minimum Gasteiger partial charge on any atom is -0.366 e. The van der Waals surface area contributed by atoms with Gasteiger partial charge in [-0.15, -0.1) is 0 Å². The van der Waals surface area contributed by atoms with Crippen LogP contribution >= 0.6 is 15.9 Å². The molecule has 0 aliphatic carbocycles. The molecule has 1 atom stereocenters. The first-order valence-corrected chi connectivity index (χ1v) is 6.28. The maximum absolute atomic E-state index is 12.2. The Balaban J connectivity index is 2.67. The smallest absolute Gasteiger partial charge is 0.261 e. The Kier molecular flexibility index (Phi) is 6.62. The minimum atomic E-state index is -2.44. The van der Waals surface area contributed by atoms with E-state index in [0.717, 1.165) is 16.6 Å². The molecular formula is C12H16BrF2NO. The van der Waals surface area contributed by atoms with Gasteiger partial charge in [0, 0.05) is 11.0 Å². The summed E-state index contributed by atoms with van der Waals surface area (Å²) in [6, 6.07) is 7.51. The van der Waals surface area contributed by atoms with Crippen LogP contribution in [0.5, 0.6) is 0 Å². The standard InChI is InChI=1S/C12H16BrF2NO/c1-2-16-7-11(17-8-12(14)15)9-4-3-5-10(13)6-9/h3-6,11-12,16H,2,7-8H2,1H3. The Bertz CT molecular complexity index is 336. The molecular weight excluding hydrogens is 292 g/mol. The van der Waals surface area contributed by atoms with Crippen LogP contribution in [0, 0.1) is 0 Å². The molecule has 1 aromatic carbocycles. The maximum atomic E-state index is 12.2. The van der Waals surface area contributed by atoms with Crippen LogP contribution in [0.4, 0.5) is 8.78 Å². The summed E-state index contributed by atoms with van der Waals surface area (Å²) in [5, 5.41) is 3.10. The van der Waals surface area contributed by atoms with Crippen LogP contribution in [0.2, 0.25) is 0 Å². The predicted octanol–water partition coefficient (Wildman–Crippen LogP) is 3.38. The van der Waals surface area contributed by atoms with E-state index in [0.29, 0.717) is 6.54 Å². The van der Waals surface area contributed by atoms with Gasteiger partial charge in [0.05, 0.1) is 6.10 Å². The second-order valence-corrected chi connectivity index (χ2v) is 4.49. The normalized spacial score (nSPS) is 13.0. The van der Waals surface area contributed by atoms with Crippen molar-refractivity contribution in [3.8, 4) is 0 Å². The van der Waals surface area contributed by atoms with Crippen molar-refractivity contribution >= 4 is 15.9 Å². The lowest BCUT2D eigenvalue weighted by Gasteiger charge is -2.18. The second-order valence-electron chi connectivity index (χ2n) is 3.58. The summed E-state index contributed by atoms with van der Waals surface area (Å²) in [5.74, 6) is 0. The third-order valence-corrected chi connectivity index (χ3v) is 2.72. The van der Waals surface area contributed by atoms with Crippen molar-refractivity contribution in [2.45, 2.75) is 19.5 Å². The van der Waals surface area contributed by atoms with Crippen molar-refractivity contribution in [1.82, 2.24) is 5.32 Å². The number of benzene rings is 1. The lowest BCUT2D eigenvalue weighted by atomic mass is 10.1. The summed E-state index contributed by atoms with van der Waals surface area (Å²) in [4.78, 5) is 0. The minimum absolute atomic E-state index is 0.346. The van der Waals surface area contributed by atoms with Gasteiger partial charge in [-0.2, -0.15) is 0 Å². The van der Waals surface area contributed by atoms with Gasteiger partial charge in [0.15, 0.2) is 0 Å². The first-order valence-electron chi connectivity index (χ1n) is 5.49. The molecule has 0 radical (unpaired) electrons. The van der Waals surface area contributed by atoms with Crippen molar-refractivity contribution in [3.05, 3.63) is 34.3 Å². The van der Waals surface area contributed by atoms with Crippen LogP contribution in [0.25, 0.3) is 0 Å². The lowest BCUT2D eigenvalue weighted by Crippen LogP contribution is -2.24. The van der Waals surface area contributed by atoms with Crippen LogP contribution < -0.4 is 5.32 Å². The molecule has 0 amide bonds. The molecule has 0 saturated heterocycles. The van der Waals surface area contributed by atoms with Crippen molar-refractivity contribution in [2.75, 3.05) is 19.7 Å². The SMILES string of the molecule is CCNCC(OCC(F)F)c1cccc(Br)c1. The van der Waals surface area contributed by atoms with E-state index in [4.69, 9.17) is 4.74 Å². The number of nitrogens with one attached hydrogen (secondary N) is 1. The first kappa shape index (κ1) is 14.5. The van der Waals surface area contributed by atoms with Crippen LogP contribution in [0.15, 0.2) is 28.7 Å².